The molecule has 0 saturated carbocycles. The number of amides is 1. The smallest absolute Gasteiger partial charge is 0.243 e. The van der Waals surface area contributed by atoms with Crippen LogP contribution >= 0.6 is 11.6 Å². The van der Waals surface area contributed by atoms with E-state index in [4.69, 9.17) is 16.3 Å². The van der Waals surface area contributed by atoms with Crippen molar-refractivity contribution >= 4 is 33.2 Å². The number of sulfonamides is 1. The summed E-state index contributed by atoms with van der Waals surface area (Å²) in [5.74, 6) is -0.609. The molecule has 0 unspecified atom stereocenters. The van der Waals surface area contributed by atoms with Gasteiger partial charge in [-0.3, -0.25) is 4.79 Å². The highest BCUT2D eigenvalue weighted by Crippen LogP contribution is 2.21. The Balaban J connectivity index is 2.11. The average Bonchev–Trinajstić information content (AvgIpc) is 2.63. The third-order valence-electron chi connectivity index (χ3n) is 3.65. The zero-order valence-electron chi connectivity index (χ0n) is 14.9. The molecular formula is C18H20ClFN2O4S. The number of nitrogens with zero attached hydrogens (tertiary/aromatic N) is 1. The average molecular weight is 415 g/mol. The molecule has 1 amide bonds. The van der Waals surface area contributed by atoms with Crippen LogP contribution < -0.4 is 10.1 Å². The van der Waals surface area contributed by atoms with Gasteiger partial charge in [0.15, 0.2) is 0 Å². The van der Waals surface area contributed by atoms with Crippen molar-refractivity contribution in [1.82, 2.24) is 4.31 Å². The molecule has 0 bridgehead atoms. The van der Waals surface area contributed by atoms with Gasteiger partial charge in [-0.1, -0.05) is 18.5 Å². The van der Waals surface area contributed by atoms with Gasteiger partial charge in [-0.2, -0.15) is 4.31 Å². The van der Waals surface area contributed by atoms with Crippen molar-refractivity contribution in [2.24, 2.45) is 0 Å². The number of carbonyl (C=O) groups is 1. The maximum Gasteiger partial charge on any atom is 0.243 e. The van der Waals surface area contributed by atoms with Crippen LogP contribution in [0.25, 0.3) is 0 Å². The van der Waals surface area contributed by atoms with Crippen LogP contribution in [0.1, 0.15) is 13.8 Å². The van der Waals surface area contributed by atoms with E-state index in [0.29, 0.717) is 12.4 Å². The Bertz CT molecular complexity index is 904. The van der Waals surface area contributed by atoms with Crippen molar-refractivity contribution < 1.29 is 22.3 Å². The first kappa shape index (κ1) is 21.1. The second-order valence-electron chi connectivity index (χ2n) is 5.51. The maximum atomic E-state index is 13.2. The lowest BCUT2D eigenvalue weighted by molar-refractivity contribution is -0.116. The van der Waals surface area contributed by atoms with Crippen molar-refractivity contribution in [2.75, 3.05) is 25.0 Å². The molecule has 0 aliphatic carbocycles. The first-order chi connectivity index (χ1) is 12.8. The number of anilines is 1. The molecule has 2 rings (SSSR count). The van der Waals surface area contributed by atoms with E-state index in [1.54, 1.807) is 19.1 Å². The molecule has 0 atom stereocenters. The summed E-state index contributed by atoms with van der Waals surface area (Å²) in [5.41, 5.74) is 0.279. The zero-order valence-corrected chi connectivity index (χ0v) is 16.5. The molecule has 146 valence electrons. The second kappa shape index (κ2) is 9.16. The Morgan fingerprint density at radius 3 is 2.41 bits per heavy atom. The number of nitrogens with one attached hydrogen (secondary N) is 1. The van der Waals surface area contributed by atoms with Crippen LogP contribution in [0.2, 0.25) is 5.02 Å². The van der Waals surface area contributed by atoms with Crippen molar-refractivity contribution in [1.29, 1.82) is 0 Å². The highest BCUT2D eigenvalue weighted by Gasteiger charge is 2.25. The molecule has 0 fully saturated rings. The van der Waals surface area contributed by atoms with Gasteiger partial charge in [0.2, 0.25) is 15.9 Å². The molecular weight excluding hydrogens is 395 g/mol. The summed E-state index contributed by atoms with van der Waals surface area (Å²) in [6.45, 7) is 3.65. The fourth-order valence-corrected chi connectivity index (χ4v) is 3.91. The molecule has 9 heteroatoms. The van der Waals surface area contributed by atoms with E-state index >= 15 is 0 Å². The zero-order chi connectivity index (χ0) is 20.0. The van der Waals surface area contributed by atoms with Crippen molar-refractivity contribution in [2.45, 2.75) is 18.7 Å². The van der Waals surface area contributed by atoms with E-state index in [2.05, 4.69) is 5.32 Å². The van der Waals surface area contributed by atoms with E-state index in [1.165, 1.54) is 24.3 Å². The Kier molecular flexibility index (Phi) is 7.18. The Hall–Kier alpha value is -2.16. The van der Waals surface area contributed by atoms with Crippen molar-refractivity contribution in [3.05, 3.63) is 53.3 Å². The first-order valence-corrected chi connectivity index (χ1v) is 10.1. The number of ether oxygens (including phenoxy) is 1. The Morgan fingerprint density at radius 2 is 1.85 bits per heavy atom. The van der Waals surface area contributed by atoms with Gasteiger partial charge in [0.1, 0.15) is 11.6 Å². The fraction of sp³-hybridized carbons (Fsp3) is 0.278. The lowest BCUT2D eigenvalue weighted by Crippen LogP contribution is -2.37. The van der Waals surface area contributed by atoms with Crippen LogP contribution in [-0.2, 0) is 14.8 Å². The van der Waals surface area contributed by atoms with Gasteiger partial charge in [0.05, 0.1) is 23.1 Å². The van der Waals surface area contributed by atoms with Crippen LogP contribution in [0.3, 0.4) is 0 Å². The van der Waals surface area contributed by atoms with Crippen LogP contribution in [0.4, 0.5) is 10.1 Å². The van der Waals surface area contributed by atoms with E-state index in [0.717, 1.165) is 10.4 Å². The quantitative estimate of drug-likeness (QED) is 0.717. The molecule has 6 nitrogen and oxygen atoms in total. The molecule has 0 spiro atoms. The highest BCUT2D eigenvalue weighted by molar-refractivity contribution is 7.89. The topological polar surface area (TPSA) is 75.7 Å². The minimum absolute atomic E-state index is 0.0606. The SMILES string of the molecule is CCOc1ccc(S(=O)(=O)N(CC)CC(=O)Nc2ccc(F)c(Cl)c2)cc1. The molecule has 0 saturated heterocycles. The summed E-state index contributed by atoms with van der Waals surface area (Å²) in [6, 6.07) is 9.70. The predicted octanol–water partition coefficient (Wildman–Crippen LogP) is 3.53. The van der Waals surface area contributed by atoms with Crippen LogP contribution in [0.15, 0.2) is 47.4 Å². The van der Waals surface area contributed by atoms with Gasteiger partial charge in [0.25, 0.3) is 0 Å². The molecule has 0 aliphatic heterocycles. The molecule has 2 aromatic rings. The normalized spacial score (nSPS) is 11.4. The van der Waals surface area contributed by atoms with Gasteiger partial charge in [-0.05, 0) is 49.4 Å². The van der Waals surface area contributed by atoms with Crippen LogP contribution in [-0.4, -0.2) is 38.3 Å². The van der Waals surface area contributed by atoms with Gasteiger partial charge in [0, 0.05) is 12.2 Å². The lowest BCUT2D eigenvalue weighted by Gasteiger charge is -2.20. The summed E-state index contributed by atoms with van der Waals surface area (Å²) < 4.78 is 45.0. The van der Waals surface area contributed by atoms with E-state index in [1.807, 2.05) is 6.92 Å². The fourth-order valence-electron chi connectivity index (χ4n) is 2.32. The predicted molar refractivity (Wildman–Crippen MR) is 102 cm³/mol. The minimum atomic E-state index is -3.85. The number of hydrogen-bond acceptors (Lipinski definition) is 4. The lowest BCUT2D eigenvalue weighted by atomic mass is 10.3. The van der Waals surface area contributed by atoms with Crippen molar-refractivity contribution in [3.8, 4) is 5.75 Å². The minimum Gasteiger partial charge on any atom is -0.494 e. The van der Waals surface area contributed by atoms with Gasteiger partial charge in [-0.15, -0.1) is 0 Å². The highest BCUT2D eigenvalue weighted by atomic mass is 35.5. The summed E-state index contributed by atoms with van der Waals surface area (Å²) in [5, 5.41) is 2.37. The molecule has 27 heavy (non-hydrogen) atoms. The van der Waals surface area contributed by atoms with Crippen LogP contribution in [0, 0.1) is 5.82 Å². The molecule has 2 aromatic carbocycles. The number of rotatable bonds is 8. The van der Waals surface area contributed by atoms with E-state index < -0.39 is 21.7 Å². The van der Waals surface area contributed by atoms with E-state index in [9.17, 15) is 17.6 Å². The Morgan fingerprint density at radius 1 is 1.19 bits per heavy atom. The summed E-state index contributed by atoms with van der Waals surface area (Å²) in [4.78, 5) is 12.3. The van der Waals surface area contributed by atoms with Gasteiger partial charge in [-0.25, -0.2) is 12.8 Å². The first-order valence-electron chi connectivity index (χ1n) is 8.25. The maximum absolute atomic E-state index is 13.2. The number of carbonyl (C=O) groups excluding carboxylic acids is 1. The number of benzene rings is 2. The largest absolute Gasteiger partial charge is 0.494 e. The third kappa shape index (κ3) is 5.41. The van der Waals surface area contributed by atoms with E-state index in [-0.39, 0.29) is 28.7 Å². The Labute approximate surface area is 162 Å². The summed E-state index contributed by atoms with van der Waals surface area (Å²) >= 11 is 5.68. The standard InChI is InChI=1S/C18H20ClFN2O4S/c1-3-22(12-18(23)21-13-5-10-17(20)16(19)11-13)27(24,25)15-8-6-14(7-9-15)26-4-2/h5-11H,3-4,12H2,1-2H3,(H,21,23). The monoisotopic (exact) mass is 414 g/mol. The molecule has 0 radical (unpaired) electrons. The third-order valence-corrected chi connectivity index (χ3v) is 5.87. The number of halogens is 2. The van der Waals surface area contributed by atoms with Crippen molar-refractivity contribution in [3.63, 3.8) is 0 Å². The number of hydrogen-bond donors (Lipinski definition) is 1. The summed E-state index contributed by atoms with van der Waals surface area (Å²) in [6.07, 6.45) is 0. The molecule has 0 heterocycles. The van der Waals surface area contributed by atoms with Crippen LogP contribution in [0.5, 0.6) is 5.75 Å². The van der Waals surface area contributed by atoms with Gasteiger partial charge < -0.3 is 10.1 Å². The second-order valence-corrected chi connectivity index (χ2v) is 7.86. The molecule has 1 N–H and O–H groups in total. The summed E-state index contributed by atoms with van der Waals surface area (Å²) in [7, 11) is -3.85. The van der Waals surface area contributed by atoms with Gasteiger partial charge >= 0.3 is 0 Å². The molecule has 0 aliphatic rings. The molecule has 0 aromatic heterocycles. The number of likely N-dealkylation sites (N-methyl/N-ethyl adjacent to an activating group) is 1.